The molecule has 1 amide bonds. The lowest BCUT2D eigenvalue weighted by molar-refractivity contribution is -0.140. The maximum Gasteiger partial charge on any atom is 0.322 e. The van der Waals surface area contributed by atoms with Crippen LogP contribution in [0.25, 0.3) is 0 Å². The number of aliphatic carboxylic acids is 1. The van der Waals surface area contributed by atoms with Gasteiger partial charge in [-0.1, -0.05) is 0 Å². The number of hydrogen-bond donors (Lipinski definition) is 3. The number of ether oxygens (including phenoxy) is 1. The van der Waals surface area contributed by atoms with E-state index < -0.39 is 34.4 Å². The van der Waals surface area contributed by atoms with Crippen LogP contribution in [0.5, 0.6) is 5.75 Å². The summed E-state index contributed by atoms with van der Waals surface area (Å²) in [6, 6.07) is 3.83. The van der Waals surface area contributed by atoms with E-state index in [1.54, 1.807) is 6.92 Å². The molecule has 0 spiro atoms. The number of carbonyl (C=O) groups excluding carboxylic acids is 1. The molecule has 0 saturated carbocycles. The Bertz CT molecular complexity index is 611. The first-order valence-corrected chi connectivity index (χ1v) is 7.51. The molecule has 1 unspecified atom stereocenters. The van der Waals surface area contributed by atoms with Crippen LogP contribution in [-0.4, -0.2) is 38.0 Å². The number of benzene rings is 1. The Balaban J connectivity index is 2.93. The van der Waals surface area contributed by atoms with E-state index in [4.69, 9.17) is 15.6 Å². The highest BCUT2D eigenvalue weighted by molar-refractivity contribution is 7.89. The van der Waals surface area contributed by atoms with E-state index in [9.17, 15) is 18.0 Å². The smallest absolute Gasteiger partial charge is 0.322 e. The Morgan fingerprint density at radius 3 is 2.33 bits per heavy atom. The monoisotopic (exact) mass is 316 g/mol. The third-order valence-electron chi connectivity index (χ3n) is 2.45. The van der Waals surface area contributed by atoms with Gasteiger partial charge in [-0.2, -0.15) is 4.72 Å². The minimum absolute atomic E-state index is 0.137. The van der Waals surface area contributed by atoms with Crippen molar-refractivity contribution in [2.24, 2.45) is 5.73 Å². The topological polar surface area (TPSA) is 136 Å². The van der Waals surface area contributed by atoms with Crippen LogP contribution in [-0.2, 0) is 19.6 Å². The molecule has 0 aromatic heterocycles. The zero-order chi connectivity index (χ0) is 16.0. The lowest BCUT2D eigenvalue weighted by Crippen LogP contribution is -2.43. The van der Waals surface area contributed by atoms with Crippen LogP contribution in [0.1, 0.15) is 13.3 Å². The molecule has 0 radical (unpaired) electrons. The summed E-state index contributed by atoms with van der Waals surface area (Å²) < 4.78 is 31.2. The van der Waals surface area contributed by atoms with Crippen molar-refractivity contribution in [2.45, 2.75) is 24.3 Å². The molecule has 116 valence electrons. The highest BCUT2D eigenvalue weighted by Crippen LogP contribution is 2.16. The molecule has 1 aromatic carbocycles. The Morgan fingerprint density at radius 2 is 1.90 bits per heavy atom. The van der Waals surface area contributed by atoms with Crippen LogP contribution in [0.3, 0.4) is 0 Å². The first-order valence-electron chi connectivity index (χ1n) is 6.02. The van der Waals surface area contributed by atoms with Crippen LogP contribution in [0.15, 0.2) is 29.2 Å². The normalized spacial score (nSPS) is 12.6. The Kier molecular flexibility index (Phi) is 5.68. The summed E-state index contributed by atoms with van der Waals surface area (Å²) in [5.41, 5.74) is 4.89. The van der Waals surface area contributed by atoms with Crippen LogP contribution in [0.4, 0.5) is 0 Å². The number of hydrogen-bond acceptors (Lipinski definition) is 5. The van der Waals surface area contributed by atoms with Gasteiger partial charge in [-0.25, -0.2) is 8.42 Å². The van der Waals surface area contributed by atoms with Crippen molar-refractivity contribution in [3.8, 4) is 5.75 Å². The highest BCUT2D eigenvalue weighted by Gasteiger charge is 2.26. The van der Waals surface area contributed by atoms with E-state index in [0.717, 1.165) is 0 Å². The SMILES string of the molecule is CCOc1ccc(S(=O)(=O)NC(CC(N)=O)C(=O)O)cc1. The number of amides is 1. The minimum Gasteiger partial charge on any atom is -0.494 e. The van der Waals surface area contributed by atoms with Gasteiger partial charge in [0.1, 0.15) is 11.8 Å². The average molecular weight is 316 g/mol. The predicted molar refractivity (Wildman–Crippen MR) is 73.2 cm³/mol. The highest BCUT2D eigenvalue weighted by atomic mass is 32.2. The Hall–Kier alpha value is -2.13. The number of carbonyl (C=O) groups is 2. The van der Waals surface area contributed by atoms with Gasteiger partial charge in [-0.15, -0.1) is 0 Å². The number of carboxylic acid groups (broad SMARTS) is 1. The molecule has 1 rings (SSSR count). The van der Waals surface area contributed by atoms with Crippen LogP contribution >= 0.6 is 0 Å². The summed E-state index contributed by atoms with van der Waals surface area (Å²) in [5, 5.41) is 8.89. The van der Waals surface area contributed by atoms with Crippen LogP contribution in [0.2, 0.25) is 0 Å². The third kappa shape index (κ3) is 5.04. The predicted octanol–water partition coefficient (Wildman–Crippen LogP) is -0.308. The molecule has 4 N–H and O–H groups in total. The lowest BCUT2D eigenvalue weighted by atomic mass is 10.2. The van der Waals surface area contributed by atoms with Crippen molar-refractivity contribution in [2.75, 3.05) is 6.61 Å². The van der Waals surface area contributed by atoms with E-state index >= 15 is 0 Å². The fourth-order valence-electron chi connectivity index (χ4n) is 1.52. The second-order valence-electron chi connectivity index (χ2n) is 4.09. The fourth-order valence-corrected chi connectivity index (χ4v) is 2.71. The third-order valence-corrected chi connectivity index (χ3v) is 3.93. The summed E-state index contributed by atoms with van der Waals surface area (Å²) in [6.07, 6.45) is -0.633. The van der Waals surface area contributed by atoms with Gasteiger partial charge in [0.05, 0.1) is 17.9 Å². The lowest BCUT2D eigenvalue weighted by Gasteiger charge is -2.13. The van der Waals surface area contributed by atoms with E-state index in [1.807, 2.05) is 4.72 Å². The molecular weight excluding hydrogens is 300 g/mol. The average Bonchev–Trinajstić information content (AvgIpc) is 2.38. The minimum atomic E-state index is -4.08. The maximum atomic E-state index is 12.0. The first kappa shape index (κ1) is 16.9. The van der Waals surface area contributed by atoms with Gasteiger partial charge in [-0.05, 0) is 31.2 Å². The van der Waals surface area contributed by atoms with Gasteiger partial charge in [0.15, 0.2) is 0 Å². The summed E-state index contributed by atoms with van der Waals surface area (Å²) in [7, 11) is -4.08. The Labute approximate surface area is 122 Å². The van der Waals surface area contributed by atoms with Gasteiger partial charge in [0.25, 0.3) is 0 Å². The molecule has 9 heteroatoms. The molecule has 8 nitrogen and oxygen atoms in total. The molecule has 1 atom stereocenters. The van der Waals surface area contributed by atoms with Crippen LogP contribution < -0.4 is 15.2 Å². The molecule has 0 heterocycles. The maximum absolute atomic E-state index is 12.0. The second-order valence-corrected chi connectivity index (χ2v) is 5.80. The van der Waals surface area contributed by atoms with E-state index in [1.165, 1.54) is 24.3 Å². The number of rotatable bonds is 8. The van der Waals surface area contributed by atoms with Crippen LogP contribution in [0, 0.1) is 0 Å². The molecule has 21 heavy (non-hydrogen) atoms. The van der Waals surface area contributed by atoms with Gasteiger partial charge in [0, 0.05) is 0 Å². The van der Waals surface area contributed by atoms with E-state index in [2.05, 4.69) is 0 Å². The van der Waals surface area contributed by atoms with E-state index in [-0.39, 0.29) is 4.90 Å². The molecular formula is C12H16N2O6S. The largest absolute Gasteiger partial charge is 0.494 e. The zero-order valence-electron chi connectivity index (χ0n) is 11.3. The summed E-state index contributed by atoms with van der Waals surface area (Å²) in [5.74, 6) is -1.91. The summed E-state index contributed by atoms with van der Waals surface area (Å²) in [6.45, 7) is 2.22. The van der Waals surface area contributed by atoms with E-state index in [0.29, 0.717) is 12.4 Å². The first-order chi connectivity index (χ1) is 9.76. The Morgan fingerprint density at radius 1 is 1.33 bits per heavy atom. The molecule has 0 aliphatic rings. The van der Waals surface area contributed by atoms with Crippen molar-refractivity contribution in [3.05, 3.63) is 24.3 Å². The van der Waals surface area contributed by atoms with Crippen molar-refractivity contribution >= 4 is 21.9 Å². The standard InChI is InChI=1S/C12H16N2O6S/c1-2-20-8-3-5-9(6-4-8)21(18,19)14-10(12(16)17)7-11(13)15/h3-6,10,14H,2,7H2,1H3,(H2,13,15)(H,16,17). The van der Waals surface area contributed by atoms with Crippen molar-refractivity contribution in [1.29, 1.82) is 0 Å². The summed E-state index contributed by atoms with van der Waals surface area (Å²) >= 11 is 0. The molecule has 0 fully saturated rings. The van der Waals surface area contributed by atoms with Gasteiger partial charge < -0.3 is 15.6 Å². The van der Waals surface area contributed by atoms with Gasteiger partial charge >= 0.3 is 5.97 Å². The molecule has 0 aliphatic heterocycles. The van der Waals surface area contributed by atoms with Gasteiger partial charge in [-0.3, -0.25) is 9.59 Å². The van der Waals surface area contributed by atoms with Crippen molar-refractivity contribution < 1.29 is 27.9 Å². The number of nitrogens with two attached hydrogens (primary N) is 1. The number of carboxylic acids is 1. The zero-order valence-corrected chi connectivity index (χ0v) is 12.1. The second kappa shape index (κ2) is 7.04. The number of primary amides is 1. The van der Waals surface area contributed by atoms with Crippen molar-refractivity contribution in [1.82, 2.24) is 4.72 Å². The number of nitrogens with one attached hydrogen (secondary N) is 1. The number of sulfonamides is 1. The van der Waals surface area contributed by atoms with Gasteiger partial charge in [0.2, 0.25) is 15.9 Å². The molecule has 1 aromatic rings. The molecule has 0 aliphatic carbocycles. The molecule has 0 saturated heterocycles. The quantitative estimate of drug-likeness (QED) is 0.602. The summed E-state index contributed by atoms with van der Waals surface area (Å²) in [4.78, 5) is 21.6. The fraction of sp³-hybridized carbons (Fsp3) is 0.333. The van der Waals surface area contributed by atoms with Crippen molar-refractivity contribution in [3.63, 3.8) is 0 Å². The molecule has 0 bridgehead atoms.